The van der Waals surface area contributed by atoms with E-state index in [2.05, 4.69) is 4.98 Å². The fraction of sp³-hybridized carbons (Fsp3) is 0.583. The molecule has 2 rings (SSSR count). The minimum Gasteiger partial charge on any atom is -0.381 e. The van der Waals surface area contributed by atoms with Gasteiger partial charge in [0.05, 0.1) is 5.56 Å². The highest BCUT2D eigenvalue weighted by Crippen LogP contribution is 2.30. The Labute approximate surface area is 114 Å². The molecule has 0 radical (unpaired) electrons. The van der Waals surface area contributed by atoms with E-state index in [1.165, 1.54) is 10.5 Å². The van der Waals surface area contributed by atoms with Crippen molar-refractivity contribution in [3.63, 3.8) is 0 Å². The first kappa shape index (κ1) is 14.4. The number of ether oxygens (including phenoxy) is 1. The number of hydrogen-bond donors (Lipinski definition) is 0. The number of alkyl halides is 3. The molecule has 1 aliphatic heterocycles. The van der Waals surface area contributed by atoms with Crippen molar-refractivity contribution in [2.45, 2.75) is 19.0 Å². The Bertz CT molecular complexity index is 404. The first-order valence-electron chi connectivity index (χ1n) is 6.01. The molecule has 106 valence electrons. The van der Waals surface area contributed by atoms with Crippen molar-refractivity contribution in [2.75, 3.05) is 24.2 Å². The van der Waals surface area contributed by atoms with E-state index in [9.17, 15) is 13.2 Å². The van der Waals surface area contributed by atoms with Gasteiger partial charge in [-0.2, -0.15) is 13.2 Å². The van der Waals surface area contributed by atoms with Crippen LogP contribution in [0.25, 0.3) is 0 Å². The summed E-state index contributed by atoms with van der Waals surface area (Å²) in [5, 5.41) is 0. The maximum absolute atomic E-state index is 12.4. The van der Waals surface area contributed by atoms with Crippen LogP contribution in [-0.2, 0) is 10.9 Å². The number of hydrogen-bond acceptors (Lipinski definition) is 3. The highest BCUT2D eigenvalue weighted by molar-refractivity contribution is 6.25. The van der Waals surface area contributed by atoms with Gasteiger partial charge in [0.25, 0.3) is 0 Å². The van der Waals surface area contributed by atoms with Crippen molar-refractivity contribution in [1.29, 1.82) is 0 Å². The lowest BCUT2D eigenvalue weighted by atomic mass is 10.0. The van der Waals surface area contributed by atoms with Crippen LogP contribution in [0.3, 0.4) is 0 Å². The summed E-state index contributed by atoms with van der Waals surface area (Å²) in [5.41, 5.74) is -0.771. The van der Waals surface area contributed by atoms with E-state index in [0.717, 1.165) is 25.1 Å². The van der Waals surface area contributed by atoms with E-state index in [1.807, 2.05) is 0 Å². The molecule has 1 fully saturated rings. The smallest absolute Gasteiger partial charge is 0.381 e. The van der Waals surface area contributed by atoms with Crippen LogP contribution >= 0.6 is 11.8 Å². The molecule has 0 bridgehead atoms. The molecule has 3 nitrogen and oxygen atoms in total. The van der Waals surface area contributed by atoms with Crippen molar-refractivity contribution >= 4 is 17.6 Å². The summed E-state index contributed by atoms with van der Waals surface area (Å²) >= 11 is 6.05. The Hall–Kier alpha value is -1.01. The van der Waals surface area contributed by atoms with Crippen LogP contribution in [-0.4, -0.2) is 24.7 Å². The van der Waals surface area contributed by atoms with Gasteiger partial charge in [-0.05, 0) is 30.9 Å². The number of aromatic nitrogens is 1. The minimum absolute atomic E-state index is 0.334. The summed E-state index contributed by atoms with van der Waals surface area (Å²) < 4.78 is 43.8. The third-order valence-electron chi connectivity index (χ3n) is 3.08. The van der Waals surface area contributed by atoms with Crippen molar-refractivity contribution in [2.24, 2.45) is 5.92 Å². The van der Waals surface area contributed by atoms with Crippen LogP contribution in [0.1, 0.15) is 18.4 Å². The molecule has 0 aliphatic carbocycles. The molecule has 2 heterocycles. The van der Waals surface area contributed by atoms with E-state index in [1.54, 1.807) is 0 Å². The average Bonchev–Trinajstić information content (AvgIpc) is 2.39. The highest BCUT2D eigenvalue weighted by atomic mass is 35.5. The highest BCUT2D eigenvalue weighted by Gasteiger charge is 2.31. The molecule has 19 heavy (non-hydrogen) atoms. The third-order valence-corrected chi connectivity index (χ3v) is 3.39. The zero-order valence-corrected chi connectivity index (χ0v) is 10.9. The summed E-state index contributed by atoms with van der Waals surface area (Å²) in [7, 11) is 0. The molecule has 0 amide bonds. The molecule has 1 aromatic rings. The van der Waals surface area contributed by atoms with Crippen LogP contribution in [0.15, 0.2) is 18.3 Å². The van der Waals surface area contributed by atoms with E-state index in [-0.39, 0.29) is 0 Å². The van der Waals surface area contributed by atoms with E-state index in [0.29, 0.717) is 31.5 Å². The van der Waals surface area contributed by atoms with E-state index in [4.69, 9.17) is 16.5 Å². The number of anilines is 1. The van der Waals surface area contributed by atoms with Crippen LogP contribution < -0.4 is 4.42 Å². The van der Waals surface area contributed by atoms with Gasteiger partial charge < -0.3 is 4.74 Å². The SMILES string of the molecule is FC(F)(F)c1ccc(N(Cl)CC2CCOCC2)nc1. The summed E-state index contributed by atoms with van der Waals surface area (Å²) in [5.74, 6) is 0.719. The maximum Gasteiger partial charge on any atom is 0.417 e. The van der Waals surface area contributed by atoms with Gasteiger partial charge >= 0.3 is 6.18 Å². The normalized spacial score (nSPS) is 17.5. The fourth-order valence-corrected chi connectivity index (χ4v) is 2.24. The second-order valence-electron chi connectivity index (χ2n) is 4.50. The van der Waals surface area contributed by atoms with Crippen LogP contribution in [0, 0.1) is 5.92 Å². The summed E-state index contributed by atoms with van der Waals surface area (Å²) in [4.78, 5) is 3.75. The zero-order valence-electron chi connectivity index (χ0n) is 10.2. The van der Waals surface area contributed by atoms with Crippen LogP contribution in [0.5, 0.6) is 0 Å². The largest absolute Gasteiger partial charge is 0.417 e. The lowest BCUT2D eigenvalue weighted by Crippen LogP contribution is -2.27. The van der Waals surface area contributed by atoms with Gasteiger partial charge in [0.1, 0.15) is 5.82 Å². The minimum atomic E-state index is -4.37. The van der Waals surface area contributed by atoms with E-state index >= 15 is 0 Å². The third kappa shape index (κ3) is 3.98. The molecular formula is C12H14ClF3N2O. The molecule has 0 atom stereocenters. The monoisotopic (exact) mass is 294 g/mol. The molecule has 0 unspecified atom stereocenters. The van der Waals surface area contributed by atoms with Gasteiger partial charge in [-0.25, -0.2) is 4.98 Å². The predicted molar refractivity (Wildman–Crippen MR) is 66.0 cm³/mol. The summed E-state index contributed by atoms with van der Waals surface area (Å²) in [6, 6.07) is 2.27. The second-order valence-corrected chi connectivity index (χ2v) is 4.91. The summed E-state index contributed by atoms with van der Waals surface area (Å²) in [6.07, 6.45) is -1.76. The Morgan fingerprint density at radius 3 is 2.53 bits per heavy atom. The molecule has 0 spiro atoms. The quantitative estimate of drug-likeness (QED) is 0.798. The van der Waals surface area contributed by atoms with Gasteiger partial charge in [0, 0.05) is 37.7 Å². The second kappa shape index (κ2) is 5.96. The first-order chi connectivity index (χ1) is 8.97. The van der Waals surface area contributed by atoms with Gasteiger partial charge in [0.15, 0.2) is 0 Å². The molecular weight excluding hydrogens is 281 g/mol. The maximum atomic E-state index is 12.4. The molecule has 1 aliphatic rings. The number of rotatable bonds is 3. The molecule has 1 saturated heterocycles. The Kier molecular flexibility index (Phi) is 4.52. The van der Waals surface area contributed by atoms with Gasteiger partial charge in [-0.15, -0.1) is 0 Å². The van der Waals surface area contributed by atoms with Crippen LogP contribution in [0.4, 0.5) is 19.0 Å². The van der Waals surface area contributed by atoms with E-state index < -0.39 is 11.7 Å². The lowest BCUT2D eigenvalue weighted by molar-refractivity contribution is -0.137. The van der Waals surface area contributed by atoms with Crippen LogP contribution in [0.2, 0.25) is 0 Å². The molecule has 0 saturated carbocycles. The van der Waals surface area contributed by atoms with Crippen molar-refractivity contribution in [3.05, 3.63) is 23.9 Å². The Morgan fingerprint density at radius 1 is 1.32 bits per heavy atom. The standard InChI is InChI=1S/C12H14ClF3N2O/c13-18(8-9-3-5-19-6-4-9)11-2-1-10(7-17-11)12(14,15)16/h1-2,7,9H,3-6,8H2. The lowest BCUT2D eigenvalue weighted by Gasteiger charge is -2.25. The van der Waals surface area contributed by atoms with Gasteiger partial charge in [-0.1, -0.05) is 0 Å². The number of nitrogens with zero attached hydrogens (tertiary/aromatic N) is 2. The fourth-order valence-electron chi connectivity index (χ4n) is 1.95. The van der Waals surface area contributed by atoms with Crippen molar-refractivity contribution < 1.29 is 17.9 Å². The summed E-state index contributed by atoms with van der Waals surface area (Å²) in [6.45, 7) is 1.97. The topological polar surface area (TPSA) is 25.4 Å². The first-order valence-corrected chi connectivity index (χ1v) is 6.35. The van der Waals surface area contributed by atoms with Gasteiger partial charge in [-0.3, -0.25) is 4.42 Å². The van der Waals surface area contributed by atoms with Crippen molar-refractivity contribution in [1.82, 2.24) is 4.98 Å². The molecule has 0 aromatic carbocycles. The Morgan fingerprint density at radius 2 is 2.00 bits per heavy atom. The molecule has 1 aromatic heterocycles. The molecule has 7 heteroatoms. The predicted octanol–water partition coefficient (Wildman–Crippen LogP) is 3.49. The Balaban J connectivity index is 1.97. The zero-order chi connectivity index (χ0) is 13.9. The van der Waals surface area contributed by atoms with Crippen molar-refractivity contribution in [3.8, 4) is 0 Å². The number of pyridine rings is 1. The average molecular weight is 295 g/mol. The van der Waals surface area contributed by atoms with Gasteiger partial charge in [0.2, 0.25) is 0 Å². The number of halogens is 4. The molecule has 0 N–H and O–H groups in total.